The fraction of sp³-hybridized carbons (Fsp3) is 0.190. The molecule has 0 spiro atoms. The van der Waals surface area contributed by atoms with Crippen LogP contribution >= 0.6 is 11.6 Å². The van der Waals surface area contributed by atoms with Crippen LogP contribution in [-0.2, 0) is 14.4 Å². The molecule has 0 bridgehead atoms. The van der Waals surface area contributed by atoms with Crippen molar-refractivity contribution in [2.24, 2.45) is 0 Å². The third-order valence-corrected chi connectivity index (χ3v) is 4.41. The number of halogens is 1. The fourth-order valence-corrected chi connectivity index (χ4v) is 2.56. The van der Waals surface area contributed by atoms with Crippen LogP contribution in [0.5, 0.6) is 5.75 Å². The predicted molar refractivity (Wildman–Crippen MR) is 112 cm³/mol. The van der Waals surface area contributed by atoms with E-state index in [0.29, 0.717) is 16.5 Å². The Bertz CT molecular complexity index is 928. The van der Waals surface area contributed by atoms with Gasteiger partial charge in [-0.3, -0.25) is 25.2 Å². The van der Waals surface area contributed by atoms with Gasteiger partial charge in [-0.1, -0.05) is 35.9 Å². The number of hydrogen-bond acceptors (Lipinski definition) is 4. The zero-order valence-electron chi connectivity index (χ0n) is 16.1. The van der Waals surface area contributed by atoms with E-state index in [9.17, 15) is 14.4 Å². The summed E-state index contributed by atoms with van der Waals surface area (Å²) in [5.74, 6) is -0.695. The van der Waals surface area contributed by atoms with E-state index < -0.39 is 11.8 Å². The number of para-hydroxylation sites is 1. The van der Waals surface area contributed by atoms with Crippen LogP contribution in [0.4, 0.5) is 5.69 Å². The molecule has 0 aliphatic heterocycles. The topological polar surface area (TPSA) is 96.5 Å². The number of carbonyl (C=O) groups excluding carboxylic acids is 3. The Morgan fingerprint density at radius 2 is 1.72 bits per heavy atom. The number of rotatable bonds is 7. The minimum Gasteiger partial charge on any atom is -0.496 e. The van der Waals surface area contributed by atoms with Crippen LogP contribution < -0.4 is 20.9 Å². The fourth-order valence-electron chi connectivity index (χ4n) is 2.39. The Morgan fingerprint density at radius 1 is 1.00 bits per heavy atom. The molecule has 8 heteroatoms. The van der Waals surface area contributed by atoms with E-state index >= 15 is 0 Å². The molecule has 2 rings (SSSR count). The molecule has 0 saturated heterocycles. The first-order chi connectivity index (χ1) is 13.9. The maximum absolute atomic E-state index is 12.0. The van der Waals surface area contributed by atoms with E-state index in [1.807, 2.05) is 12.1 Å². The van der Waals surface area contributed by atoms with Crippen molar-refractivity contribution in [1.82, 2.24) is 10.9 Å². The number of amides is 3. The second-order valence-electron chi connectivity index (χ2n) is 6.07. The van der Waals surface area contributed by atoms with Crippen molar-refractivity contribution in [1.29, 1.82) is 0 Å². The molecule has 0 aliphatic carbocycles. The molecular weight excluding hydrogens is 394 g/mol. The van der Waals surface area contributed by atoms with Gasteiger partial charge in [-0.2, -0.15) is 0 Å². The minimum atomic E-state index is -0.511. The largest absolute Gasteiger partial charge is 0.496 e. The van der Waals surface area contributed by atoms with Crippen LogP contribution in [-0.4, -0.2) is 24.8 Å². The van der Waals surface area contributed by atoms with Gasteiger partial charge in [0.05, 0.1) is 7.11 Å². The van der Waals surface area contributed by atoms with Crippen LogP contribution in [0.3, 0.4) is 0 Å². The molecule has 2 aromatic rings. The quantitative estimate of drug-likeness (QED) is 0.477. The van der Waals surface area contributed by atoms with Gasteiger partial charge >= 0.3 is 0 Å². The Balaban J connectivity index is 1.75. The molecular formula is C21H22ClN3O4. The van der Waals surface area contributed by atoms with Crippen LogP contribution in [0.1, 0.15) is 24.0 Å². The highest BCUT2D eigenvalue weighted by atomic mass is 35.5. The van der Waals surface area contributed by atoms with Crippen molar-refractivity contribution in [2.75, 3.05) is 12.4 Å². The summed E-state index contributed by atoms with van der Waals surface area (Å²) in [7, 11) is 1.54. The van der Waals surface area contributed by atoms with Gasteiger partial charge in [0, 0.05) is 35.2 Å². The summed E-state index contributed by atoms with van der Waals surface area (Å²) in [4.78, 5) is 35.6. The van der Waals surface area contributed by atoms with Crippen LogP contribution in [0.2, 0.25) is 5.02 Å². The summed E-state index contributed by atoms with van der Waals surface area (Å²) in [6.45, 7) is 1.79. The summed E-state index contributed by atoms with van der Waals surface area (Å²) in [5, 5.41) is 3.25. The molecule has 0 aliphatic rings. The summed E-state index contributed by atoms with van der Waals surface area (Å²) >= 11 is 6.01. The van der Waals surface area contributed by atoms with Gasteiger partial charge in [-0.15, -0.1) is 0 Å². The molecule has 0 fully saturated rings. The summed E-state index contributed by atoms with van der Waals surface area (Å²) in [5.41, 5.74) is 6.60. The first kappa shape index (κ1) is 22.0. The molecule has 0 atom stereocenters. The summed E-state index contributed by atoms with van der Waals surface area (Å²) < 4.78 is 5.19. The maximum atomic E-state index is 12.0. The van der Waals surface area contributed by atoms with Crippen LogP contribution in [0.15, 0.2) is 48.5 Å². The molecule has 0 heterocycles. The molecule has 0 radical (unpaired) electrons. The molecule has 3 amide bonds. The SMILES string of the molecule is COc1ccccc1C=CC(=O)NNC(=O)CCC(=O)Nc1cccc(Cl)c1C. The lowest BCUT2D eigenvalue weighted by molar-refractivity contribution is -0.128. The average molecular weight is 416 g/mol. The first-order valence-corrected chi connectivity index (χ1v) is 9.23. The lowest BCUT2D eigenvalue weighted by atomic mass is 10.2. The number of carbonyl (C=O) groups is 3. The number of hydrogen-bond donors (Lipinski definition) is 3. The van der Waals surface area contributed by atoms with E-state index in [0.717, 1.165) is 11.1 Å². The summed E-state index contributed by atoms with van der Waals surface area (Å²) in [6, 6.07) is 12.4. The second-order valence-corrected chi connectivity index (χ2v) is 6.48. The molecule has 2 aromatic carbocycles. The smallest absolute Gasteiger partial charge is 0.262 e. The van der Waals surface area contributed by atoms with Gasteiger partial charge in [-0.05, 0) is 36.8 Å². The van der Waals surface area contributed by atoms with Gasteiger partial charge in [0.25, 0.3) is 5.91 Å². The molecule has 0 unspecified atom stereocenters. The highest BCUT2D eigenvalue weighted by Gasteiger charge is 2.10. The van der Waals surface area contributed by atoms with Crippen LogP contribution in [0.25, 0.3) is 6.08 Å². The van der Waals surface area contributed by atoms with Crippen molar-refractivity contribution in [3.05, 3.63) is 64.7 Å². The van der Waals surface area contributed by atoms with Crippen molar-refractivity contribution in [2.45, 2.75) is 19.8 Å². The van der Waals surface area contributed by atoms with E-state index in [2.05, 4.69) is 16.2 Å². The zero-order valence-corrected chi connectivity index (χ0v) is 16.9. The van der Waals surface area contributed by atoms with Crippen molar-refractivity contribution < 1.29 is 19.1 Å². The number of hydrazine groups is 1. The second kappa shape index (κ2) is 10.9. The van der Waals surface area contributed by atoms with Gasteiger partial charge in [0.2, 0.25) is 11.8 Å². The average Bonchev–Trinajstić information content (AvgIpc) is 2.72. The van der Waals surface area contributed by atoms with Crippen molar-refractivity contribution in [3.63, 3.8) is 0 Å². The normalized spacial score (nSPS) is 10.4. The lowest BCUT2D eigenvalue weighted by Gasteiger charge is -2.09. The number of nitrogens with one attached hydrogen (secondary N) is 3. The number of methoxy groups -OCH3 is 1. The van der Waals surface area contributed by atoms with Crippen molar-refractivity contribution in [3.8, 4) is 5.75 Å². The molecule has 152 valence electrons. The molecule has 7 nitrogen and oxygen atoms in total. The maximum Gasteiger partial charge on any atom is 0.262 e. The van der Waals surface area contributed by atoms with E-state index in [4.69, 9.17) is 16.3 Å². The standard InChI is InChI=1S/C21H22ClN3O4/c1-14-16(22)7-5-8-17(14)23-19(26)12-13-21(28)25-24-20(27)11-10-15-6-3-4-9-18(15)29-2/h3-11H,12-13H2,1-2H3,(H,23,26)(H,24,27)(H,25,28). The first-order valence-electron chi connectivity index (χ1n) is 8.85. The van der Waals surface area contributed by atoms with Gasteiger partial charge < -0.3 is 10.1 Å². The van der Waals surface area contributed by atoms with Gasteiger partial charge in [0.1, 0.15) is 5.75 Å². The molecule has 29 heavy (non-hydrogen) atoms. The van der Waals surface area contributed by atoms with E-state index in [-0.39, 0.29) is 18.7 Å². The third-order valence-electron chi connectivity index (χ3n) is 4.00. The van der Waals surface area contributed by atoms with E-state index in [1.54, 1.807) is 43.3 Å². The Kier molecular flexibility index (Phi) is 8.24. The monoisotopic (exact) mass is 415 g/mol. The Morgan fingerprint density at radius 3 is 2.48 bits per heavy atom. The van der Waals surface area contributed by atoms with Crippen molar-refractivity contribution >= 4 is 41.1 Å². The molecule has 0 saturated carbocycles. The Hall–Kier alpha value is -3.32. The third kappa shape index (κ3) is 6.97. The van der Waals surface area contributed by atoms with E-state index in [1.165, 1.54) is 13.2 Å². The summed E-state index contributed by atoms with van der Waals surface area (Å²) in [6.07, 6.45) is 2.72. The number of anilines is 1. The number of ether oxygens (including phenoxy) is 1. The highest BCUT2D eigenvalue weighted by Crippen LogP contribution is 2.23. The van der Waals surface area contributed by atoms with Crippen LogP contribution in [0, 0.1) is 6.92 Å². The number of benzene rings is 2. The minimum absolute atomic E-state index is 0.0370. The molecule has 0 aromatic heterocycles. The molecule has 3 N–H and O–H groups in total. The van der Waals surface area contributed by atoms with Gasteiger partial charge in [0.15, 0.2) is 0 Å². The Labute approximate surface area is 174 Å². The lowest BCUT2D eigenvalue weighted by Crippen LogP contribution is -2.41. The highest BCUT2D eigenvalue weighted by molar-refractivity contribution is 6.31. The van der Waals surface area contributed by atoms with Gasteiger partial charge in [-0.25, -0.2) is 0 Å². The zero-order chi connectivity index (χ0) is 21.2. The predicted octanol–water partition coefficient (Wildman–Crippen LogP) is 3.24.